The molecule has 5 heteroatoms. The van der Waals surface area contributed by atoms with E-state index in [1.165, 1.54) is 58.7 Å². The molecule has 0 radical (unpaired) electrons. The molecule has 1 amide bonds. The molecule has 2 aliphatic rings. The van der Waals surface area contributed by atoms with Crippen LogP contribution in [0.1, 0.15) is 32.6 Å². The molecule has 0 aromatic heterocycles. The molecule has 0 aromatic rings. The van der Waals surface area contributed by atoms with Gasteiger partial charge in [-0.1, -0.05) is 6.92 Å². The van der Waals surface area contributed by atoms with Gasteiger partial charge in [0.2, 0.25) is 5.91 Å². The summed E-state index contributed by atoms with van der Waals surface area (Å²) in [6.45, 7) is 12.5. The number of carbonyl (C=O) groups excluding carboxylic acids is 1. The fraction of sp³-hybridized carbons (Fsp3) is 0.941. The number of carbonyl (C=O) groups is 1. The van der Waals surface area contributed by atoms with Crippen LogP contribution in [0.15, 0.2) is 0 Å². The van der Waals surface area contributed by atoms with Gasteiger partial charge in [-0.3, -0.25) is 4.79 Å². The van der Waals surface area contributed by atoms with E-state index < -0.39 is 0 Å². The first-order chi connectivity index (χ1) is 10.7. The summed E-state index contributed by atoms with van der Waals surface area (Å²) in [4.78, 5) is 18.8. The van der Waals surface area contributed by atoms with Crippen LogP contribution in [0.25, 0.3) is 0 Å². The van der Waals surface area contributed by atoms with Gasteiger partial charge in [0.25, 0.3) is 0 Å². The van der Waals surface area contributed by atoms with Crippen molar-refractivity contribution >= 4 is 5.91 Å². The number of hydrogen-bond donors (Lipinski definition) is 1. The standard InChI is InChI=1S/C17H34N4O/c1-3-17(22)18-7-4-8-20-11-13-21(14-12-20)15-16-5-9-19(2)10-6-16/h16H,3-15H2,1-2H3,(H,18,22). The van der Waals surface area contributed by atoms with Crippen molar-refractivity contribution in [1.82, 2.24) is 20.0 Å². The molecular formula is C17H34N4O. The summed E-state index contributed by atoms with van der Waals surface area (Å²) in [5.41, 5.74) is 0. The van der Waals surface area contributed by atoms with Gasteiger partial charge in [0.1, 0.15) is 0 Å². The number of piperazine rings is 1. The van der Waals surface area contributed by atoms with E-state index in [0.717, 1.165) is 25.4 Å². The first-order valence-electron chi connectivity index (χ1n) is 9.07. The Morgan fingerprint density at radius 2 is 1.68 bits per heavy atom. The van der Waals surface area contributed by atoms with Gasteiger partial charge < -0.3 is 20.0 Å². The van der Waals surface area contributed by atoms with Crippen LogP contribution in [0, 0.1) is 5.92 Å². The molecule has 2 rings (SSSR count). The maximum atomic E-state index is 11.2. The number of piperidine rings is 1. The number of nitrogens with one attached hydrogen (secondary N) is 1. The third kappa shape index (κ3) is 6.23. The van der Waals surface area contributed by atoms with E-state index in [9.17, 15) is 4.79 Å². The van der Waals surface area contributed by atoms with Gasteiger partial charge in [-0.15, -0.1) is 0 Å². The molecule has 2 saturated heterocycles. The van der Waals surface area contributed by atoms with Crippen LogP contribution in [-0.2, 0) is 4.79 Å². The topological polar surface area (TPSA) is 38.8 Å². The van der Waals surface area contributed by atoms with Gasteiger partial charge in [0.05, 0.1) is 0 Å². The fourth-order valence-electron chi connectivity index (χ4n) is 3.46. The number of rotatable bonds is 7. The number of hydrogen-bond acceptors (Lipinski definition) is 4. The largest absolute Gasteiger partial charge is 0.356 e. The summed E-state index contributed by atoms with van der Waals surface area (Å²) in [7, 11) is 2.23. The summed E-state index contributed by atoms with van der Waals surface area (Å²) in [6.07, 6.45) is 4.40. The van der Waals surface area contributed by atoms with E-state index in [0.29, 0.717) is 6.42 Å². The van der Waals surface area contributed by atoms with E-state index >= 15 is 0 Å². The first-order valence-corrected chi connectivity index (χ1v) is 9.07. The molecule has 0 bridgehead atoms. The average molecular weight is 310 g/mol. The predicted octanol–water partition coefficient (Wildman–Crippen LogP) is 0.862. The molecule has 2 heterocycles. The van der Waals surface area contributed by atoms with E-state index in [4.69, 9.17) is 0 Å². The maximum Gasteiger partial charge on any atom is 0.219 e. The fourth-order valence-corrected chi connectivity index (χ4v) is 3.46. The minimum absolute atomic E-state index is 0.169. The molecule has 2 aliphatic heterocycles. The second-order valence-electron chi connectivity index (χ2n) is 6.95. The molecular weight excluding hydrogens is 276 g/mol. The number of nitrogens with zero attached hydrogens (tertiary/aromatic N) is 3. The van der Waals surface area contributed by atoms with E-state index in [-0.39, 0.29) is 5.91 Å². The zero-order valence-corrected chi connectivity index (χ0v) is 14.5. The van der Waals surface area contributed by atoms with Crippen molar-refractivity contribution in [3.63, 3.8) is 0 Å². The third-order valence-electron chi connectivity index (χ3n) is 5.11. The Hall–Kier alpha value is -0.650. The normalized spacial score (nSPS) is 22.8. The second kappa shape index (κ2) is 9.48. The smallest absolute Gasteiger partial charge is 0.219 e. The number of likely N-dealkylation sites (tertiary alicyclic amines) is 1. The van der Waals surface area contributed by atoms with Crippen molar-refractivity contribution < 1.29 is 4.79 Å². The molecule has 5 nitrogen and oxygen atoms in total. The van der Waals surface area contributed by atoms with Crippen LogP contribution in [-0.4, -0.2) is 86.6 Å². The van der Waals surface area contributed by atoms with Crippen LogP contribution in [0.3, 0.4) is 0 Å². The van der Waals surface area contributed by atoms with Crippen molar-refractivity contribution in [3.05, 3.63) is 0 Å². The molecule has 1 N–H and O–H groups in total. The minimum atomic E-state index is 0.169. The SMILES string of the molecule is CCC(=O)NCCCN1CCN(CC2CCN(C)CC2)CC1. The van der Waals surface area contributed by atoms with Crippen LogP contribution in [0.4, 0.5) is 0 Å². The quantitative estimate of drug-likeness (QED) is 0.708. The van der Waals surface area contributed by atoms with Gasteiger partial charge >= 0.3 is 0 Å². The Balaban J connectivity index is 1.53. The predicted molar refractivity (Wildman–Crippen MR) is 91.0 cm³/mol. The van der Waals surface area contributed by atoms with Gasteiger partial charge in [-0.05, 0) is 51.9 Å². The molecule has 0 aliphatic carbocycles. The maximum absolute atomic E-state index is 11.2. The lowest BCUT2D eigenvalue weighted by molar-refractivity contribution is -0.120. The lowest BCUT2D eigenvalue weighted by Gasteiger charge is -2.38. The van der Waals surface area contributed by atoms with Crippen molar-refractivity contribution in [3.8, 4) is 0 Å². The third-order valence-corrected chi connectivity index (χ3v) is 5.11. The zero-order valence-electron chi connectivity index (χ0n) is 14.5. The summed E-state index contributed by atoms with van der Waals surface area (Å²) in [6, 6.07) is 0. The van der Waals surface area contributed by atoms with E-state index in [1.807, 2.05) is 6.92 Å². The van der Waals surface area contributed by atoms with Crippen molar-refractivity contribution in [2.45, 2.75) is 32.6 Å². The highest BCUT2D eigenvalue weighted by molar-refractivity contribution is 5.75. The Morgan fingerprint density at radius 3 is 2.32 bits per heavy atom. The Bertz CT molecular complexity index is 321. The molecule has 0 aromatic carbocycles. The molecule has 22 heavy (non-hydrogen) atoms. The lowest BCUT2D eigenvalue weighted by atomic mass is 9.96. The first kappa shape index (κ1) is 17.7. The summed E-state index contributed by atoms with van der Waals surface area (Å²) in [5, 5.41) is 2.96. The van der Waals surface area contributed by atoms with Crippen LogP contribution >= 0.6 is 0 Å². The van der Waals surface area contributed by atoms with Gasteiger partial charge in [0, 0.05) is 45.7 Å². The molecule has 0 unspecified atom stereocenters. The van der Waals surface area contributed by atoms with Crippen molar-refractivity contribution in [2.75, 3.05) is 66.0 Å². The van der Waals surface area contributed by atoms with Gasteiger partial charge in [-0.25, -0.2) is 0 Å². The second-order valence-corrected chi connectivity index (χ2v) is 6.95. The highest BCUT2D eigenvalue weighted by Gasteiger charge is 2.22. The molecule has 0 spiro atoms. The van der Waals surface area contributed by atoms with Crippen LogP contribution in [0.2, 0.25) is 0 Å². The van der Waals surface area contributed by atoms with Gasteiger partial charge in [-0.2, -0.15) is 0 Å². The lowest BCUT2D eigenvalue weighted by Crippen LogP contribution is -2.49. The van der Waals surface area contributed by atoms with Crippen molar-refractivity contribution in [2.24, 2.45) is 5.92 Å². The average Bonchev–Trinajstić information content (AvgIpc) is 2.55. The van der Waals surface area contributed by atoms with Crippen molar-refractivity contribution in [1.29, 1.82) is 0 Å². The van der Waals surface area contributed by atoms with E-state index in [2.05, 4.69) is 27.1 Å². The summed E-state index contributed by atoms with van der Waals surface area (Å²) < 4.78 is 0. The highest BCUT2D eigenvalue weighted by atomic mass is 16.1. The van der Waals surface area contributed by atoms with Gasteiger partial charge in [0.15, 0.2) is 0 Å². The molecule has 128 valence electrons. The summed E-state index contributed by atoms with van der Waals surface area (Å²) >= 11 is 0. The molecule has 0 atom stereocenters. The Kier molecular flexibility index (Phi) is 7.63. The Labute approximate surface area is 136 Å². The van der Waals surface area contributed by atoms with Crippen LogP contribution < -0.4 is 5.32 Å². The molecule has 0 saturated carbocycles. The Morgan fingerprint density at radius 1 is 1.05 bits per heavy atom. The molecule has 2 fully saturated rings. The zero-order chi connectivity index (χ0) is 15.8. The summed E-state index contributed by atoms with van der Waals surface area (Å²) in [5.74, 6) is 1.08. The van der Waals surface area contributed by atoms with E-state index in [1.54, 1.807) is 0 Å². The monoisotopic (exact) mass is 310 g/mol. The van der Waals surface area contributed by atoms with Crippen LogP contribution in [0.5, 0.6) is 0 Å². The number of amides is 1. The highest BCUT2D eigenvalue weighted by Crippen LogP contribution is 2.18. The minimum Gasteiger partial charge on any atom is -0.356 e.